The predicted octanol–water partition coefficient (Wildman–Crippen LogP) is 3.23. The molecule has 1 saturated heterocycles. The lowest BCUT2D eigenvalue weighted by Gasteiger charge is -2.38. The molecule has 1 aliphatic heterocycles. The highest BCUT2D eigenvalue weighted by Gasteiger charge is 2.28. The second-order valence-corrected chi connectivity index (χ2v) is 6.35. The summed E-state index contributed by atoms with van der Waals surface area (Å²) in [5.74, 6) is -1.14. The molecule has 0 atom stereocenters. The first-order chi connectivity index (χ1) is 9.71. The van der Waals surface area contributed by atoms with Crippen molar-refractivity contribution in [1.29, 1.82) is 0 Å². The molecular formula is C15H20N2O4. The van der Waals surface area contributed by atoms with Gasteiger partial charge in [-0.15, -0.1) is 0 Å². The van der Waals surface area contributed by atoms with E-state index in [1.807, 2.05) is 0 Å². The molecule has 0 saturated carbocycles. The molecule has 0 spiro atoms. The number of nitrogens with zero attached hydrogens (tertiary/aromatic N) is 2. The molecule has 0 amide bonds. The van der Waals surface area contributed by atoms with Gasteiger partial charge in [0.2, 0.25) is 0 Å². The van der Waals surface area contributed by atoms with Crippen LogP contribution in [0.25, 0.3) is 0 Å². The third-order valence-corrected chi connectivity index (χ3v) is 4.25. The van der Waals surface area contributed by atoms with Gasteiger partial charge in [-0.25, -0.2) is 4.79 Å². The molecule has 6 heteroatoms. The first-order valence-corrected chi connectivity index (χ1v) is 6.98. The van der Waals surface area contributed by atoms with E-state index in [4.69, 9.17) is 5.11 Å². The summed E-state index contributed by atoms with van der Waals surface area (Å²) in [6.45, 7) is 7.65. The van der Waals surface area contributed by atoms with Crippen LogP contribution in [0.2, 0.25) is 0 Å². The van der Waals surface area contributed by atoms with Crippen LogP contribution in [0.1, 0.15) is 42.6 Å². The van der Waals surface area contributed by atoms with Crippen LogP contribution in [0.3, 0.4) is 0 Å². The lowest BCUT2D eigenvalue weighted by Crippen LogP contribution is -2.37. The van der Waals surface area contributed by atoms with Crippen molar-refractivity contribution < 1.29 is 14.8 Å². The van der Waals surface area contributed by atoms with Crippen molar-refractivity contribution in [3.8, 4) is 0 Å². The third-order valence-electron chi connectivity index (χ3n) is 4.25. The maximum Gasteiger partial charge on any atom is 0.336 e. The van der Waals surface area contributed by atoms with Gasteiger partial charge in [-0.1, -0.05) is 13.8 Å². The molecule has 1 fully saturated rings. The number of benzene rings is 1. The van der Waals surface area contributed by atoms with Crippen LogP contribution in [-0.2, 0) is 0 Å². The molecule has 6 nitrogen and oxygen atoms in total. The Morgan fingerprint density at radius 3 is 2.38 bits per heavy atom. The molecule has 0 radical (unpaired) electrons. The van der Waals surface area contributed by atoms with Crippen molar-refractivity contribution in [2.75, 3.05) is 18.0 Å². The van der Waals surface area contributed by atoms with Gasteiger partial charge in [0.25, 0.3) is 5.69 Å². The van der Waals surface area contributed by atoms with E-state index in [-0.39, 0.29) is 16.7 Å². The van der Waals surface area contributed by atoms with Gasteiger partial charge in [-0.2, -0.15) is 0 Å². The second-order valence-electron chi connectivity index (χ2n) is 6.35. The first-order valence-electron chi connectivity index (χ1n) is 6.98. The van der Waals surface area contributed by atoms with Crippen molar-refractivity contribution >= 4 is 17.3 Å². The number of carboxylic acid groups (broad SMARTS) is 1. The average Bonchev–Trinajstić information content (AvgIpc) is 2.38. The van der Waals surface area contributed by atoms with Crippen LogP contribution in [0, 0.1) is 22.5 Å². The number of aromatic carboxylic acids is 1. The van der Waals surface area contributed by atoms with Crippen LogP contribution in [-0.4, -0.2) is 29.1 Å². The zero-order valence-corrected chi connectivity index (χ0v) is 12.5. The van der Waals surface area contributed by atoms with Crippen LogP contribution in [0.15, 0.2) is 12.1 Å². The fourth-order valence-corrected chi connectivity index (χ4v) is 2.68. The van der Waals surface area contributed by atoms with Crippen molar-refractivity contribution in [3.05, 3.63) is 33.4 Å². The largest absolute Gasteiger partial charge is 0.478 e. The maximum atomic E-state index is 11.2. The number of carboxylic acids is 1. The fraction of sp³-hybridized carbons (Fsp3) is 0.533. The van der Waals surface area contributed by atoms with E-state index in [0.29, 0.717) is 11.3 Å². The Morgan fingerprint density at radius 2 is 1.90 bits per heavy atom. The number of nitro groups is 1. The molecule has 0 bridgehead atoms. The summed E-state index contributed by atoms with van der Waals surface area (Å²) in [5, 5.41) is 20.3. The SMILES string of the molecule is Cc1c(N2CCC(C)(C)CC2)cc(C(=O)O)cc1[N+](=O)[O-]. The molecule has 0 aromatic heterocycles. The lowest BCUT2D eigenvalue weighted by molar-refractivity contribution is -0.385. The van der Waals surface area contributed by atoms with E-state index in [2.05, 4.69) is 18.7 Å². The van der Waals surface area contributed by atoms with Crippen molar-refractivity contribution in [3.63, 3.8) is 0 Å². The Labute approximate surface area is 123 Å². The number of hydrogen-bond acceptors (Lipinski definition) is 4. The number of carbonyl (C=O) groups is 1. The highest BCUT2D eigenvalue weighted by Crippen LogP contribution is 2.36. The minimum Gasteiger partial charge on any atom is -0.478 e. The Kier molecular flexibility index (Phi) is 3.89. The first kappa shape index (κ1) is 15.3. The van der Waals surface area contributed by atoms with Crippen molar-refractivity contribution in [1.82, 2.24) is 0 Å². The molecule has 0 unspecified atom stereocenters. The topological polar surface area (TPSA) is 83.7 Å². The Balaban J connectivity index is 2.43. The van der Waals surface area contributed by atoms with Gasteiger partial charge < -0.3 is 10.0 Å². The minimum absolute atomic E-state index is 0.0351. The molecule has 1 N–H and O–H groups in total. The molecule has 1 aromatic carbocycles. The van der Waals surface area contributed by atoms with Crippen LogP contribution in [0.4, 0.5) is 11.4 Å². The van der Waals surface area contributed by atoms with Gasteiger partial charge >= 0.3 is 5.97 Å². The van der Waals surface area contributed by atoms with Crippen LogP contribution >= 0.6 is 0 Å². The molecule has 1 aliphatic rings. The van der Waals surface area contributed by atoms with E-state index in [1.54, 1.807) is 13.0 Å². The van der Waals surface area contributed by atoms with Gasteiger partial charge in [-0.3, -0.25) is 10.1 Å². The maximum absolute atomic E-state index is 11.2. The summed E-state index contributed by atoms with van der Waals surface area (Å²) in [6.07, 6.45) is 1.97. The smallest absolute Gasteiger partial charge is 0.336 e. The number of anilines is 1. The highest BCUT2D eigenvalue weighted by molar-refractivity contribution is 5.90. The molecule has 1 aromatic rings. The molecule has 114 valence electrons. The average molecular weight is 292 g/mol. The minimum atomic E-state index is -1.14. The number of hydrogen-bond donors (Lipinski definition) is 1. The summed E-state index contributed by atoms with van der Waals surface area (Å²) < 4.78 is 0. The zero-order valence-electron chi connectivity index (χ0n) is 12.5. The number of rotatable bonds is 3. The second kappa shape index (κ2) is 5.35. The van der Waals surface area contributed by atoms with E-state index in [9.17, 15) is 14.9 Å². The predicted molar refractivity (Wildman–Crippen MR) is 80.0 cm³/mol. The molecule has 2 rings (SSSR count). The fourth-order valence-electron chi connectivity index (χ4n) is 2.68. The Hall–Kier alpha value is -2.11. The van der Waals surface area contributed by atoms with Gasteiger partial charge in [0.15, 0.2) is 0 Å². The molecule has 21 heavy (non-hydrogen) atoms. The van der Waals surface area contributed by atoms with E-state index < -0.39 is 10.9 Å². The number of piperidine rings is 1. The van der Waals surface area contributed by atoms with Crippen LogP contribution in [0.5, 0.6) is 0 Å². The Bertz CT molecular complexity index is 586. The molecule has 1 heterocycles. The van der Waals surface area contributed by atoms with Gasteiger partial charge in [0.05, 0.1) is 16.1 Å². The molecule has 0 aliphatic carbocycles. The van der Waals surface area contributed by atoms with Gasteiger partial charge in [-0.05, 0) is 31.2 Å². The normalized spacial score (nSPS) is 17.6. The summed E-state index contributed by atoms with van der Waals surface area (Å²) in [5.41, 5.74) is 1.30. The highest BCUT2D eigenvalue weighted by atomic mass is 16.6. The monoisotopic (exact) mass is 292 g/mol. The van der Waals surface area contributed by atoms with E-state index >= 15 is 0 Å². The standard InChI is InChI=1S/C15H20N2O4/c1-10-12(16-6-4-15(2,3)5-7-16)8-11(14(18)19)9-13(10)17(20)21/h8-9H,4-7H2,1-3H3,(H,18,19). The van der Waals surface area contributed by atoms with E-state index in [0.717, 1.165) is 32.0 Å². The lowest BCUT2D eigenvalue weighted by atomic mass is 9.82. The summed E-state index contributed by atoms with van der Waals surface area (Å²) >= 11 is 0. The zero-order chi connectivity index (χ0) is 15.8. The summed E-state index contributed by atoms with van der Waals surface area (Å²) in [7, 11) is 0. The third kappa shape index (κ3) is 3.15. The van der Waals surface area contributed by atoms with Gasteiger partial charge in [0, 0.05) is 24.8 Å². The van der Waals surface area contributed by atoms with Crippen molar-refractivity contribution in [2.24, 2.45) is 5.41 Å². The van der Waals surface area contributed by atoms with Crippen LogP contribution < -0.4 is 4.90 Å². The Morgan fingerprint density at radius 1 is 1.33 bits per heavy atom. The quantitative estimate of drug-likeness (QED) is 0.683. The summed E-state index contributed by atoms with van der Waals surface area (Å²) in [6, 6.07) is 2.68. The van der Waals surface area contributed by atoms with E-state index in [1.165, 1.54) is 0 Å². The summed E-state index contributed by atoms with van der Waals surface area (Å²) in [4.78, 5) is 23.9. The van der Waals surface area contributed by atoms with Gasteiger partial charge in [0.1, 0.15) is 0 Å². The van der Waals surface area contributed by atoms with Crippen molar-refractivity contribution in [2.45, 2.75) is 33.6 Å². The molecular weight excluding hydrogens is 272 g/mol. The number of nitro benzene ring substituents is 1.